The summed E-state index contributed by atoms with van der Waals surface area (Å²) in [5.74, 6) is 0.128. The second-order valence-corrected chi connectivity index (χ2v) is 10.4. The van der Waals surface area contributed by atoms with E-state index in [1.54, 1.807) is 24.3 Å². The van der Waals surface area contributed by atoms with E-state index in [1.807, 2.05) is 30.6 Å². The number of pyridine rings is 2. The lowest BCUT2D eigenvalue weighted by molar-refractivity contribution is 0.0671. The lowest BCUT2D eigenvalue weighted by atomic mass is 9.85. The summed E-state index contributed by atoms with van der Waals surface area (Å²) in [4.78, 5) is 38.8. The normalized spacial score (nSPS) is 20.3. The molecular weight excluding hydrogens is 492 g/mol. The first-order chi connectivity index (χ1) is 18.2. The fourth-order valence-corrected chi connectivity index (χ4v) is 6.17. The number of aryl methyl sites for hydroxylation is 2. The summed E-state index contributed by atoms with van der Waals surface area (Å²) < 4.78 is 0. The van der Waals surface area contributed by atoms with Gasteiger partial charge in [0.25, 0.3) is 11.8 Å². The van der Waals surface area contributed by atoms with Crippen molar-refractivity contribution in [3.63, 3.8) is 0 Å². The minimum absolute atomic E-state index is 0. The number of amides is 2. The Morgan fingerprint density at radius 1 is 0.868 bits per heavy atom. The predicted octanol–water partition coefficient (Wildman–Crippen LogP) is 4.93. The molecule has 2 atom stereocenters. The number of carbonyl (C=O) groups is 2. The monoisotopic (exact) mass is 526 g/mol. The zero-order valence-electron chi connectivity index (χ0n) is 21.6. The average molecular weight is 527 g/mol. The van der Waals surface area contributed by atoms with Crippen molar-refractivity contribution in [3.8, 4) is 0 Å². The van der Waals surface area contributed by atoms with E-state index in [0.717, 1.165) is 51.6 Å². The molecule has 0 fully saturated rings. The van der Waals surface area contributed by atoms with E-state index in [1.165, 1.54) is 27.4 Å². The van der Waals surface area contributed by atoms with Crippen LogP contribution in [0.1, 0.15) is 68.5 Å². The highest BCUT2D eigenvalue weighted by molar-refractivity contribution is 7.59. The number of nitrogens with zero attached hydrogens (tertiary/aromatic N) is 4. The lowest BCUT2D eigenvalue weighted by Crippen LogP contribution is -2.37. The van der Waals surface area contributed by atoms with Crippen LogP contribution in [0.4, 0.5) is 0 Å². The van der Waals surface area contributed by atoms with Crippen LogP contribution in [0.15, 0.2) is 73.1 Å². The predicted molar refractivity (Wildman–Crippen MR) is 153 cm³/mol. The number of carbonyl (C=O) groups excluding carboxylic acids is 2. The summed E-state index contributed by atoms with van der Waals surface area (Å²) in [6.07, 6.45) is 14.5. The summed E-state index contributed by atoms with van der Waals surface area (Å²) >= 11 is 0. The minimum Gasteiger partial charge on any atom is -0.291 e. The first-order valence-electron chi connectivity index (χ1n) is 13.4. The van der Waals surface area contributed by atoms with Crippen LogP contribution in [0.2, 0.25) is 0 Å². The summed E-state index contributed by atoms with van der Waals surface area (Å²) in [7, 11) is 0. The smallest absolute Gasteiger partial charge is 0.261 e. The van der Waals surface area contributed by atoms with Crippen molar-refractivity contribution in [2.24, 2.45) is 5.92 Å². The van der Waals surface area contributed by atoms with Crippen LogP contribution in [0.25, 0.3) is 0 Å². The third-order valence-corrected chi connectivity index (χ3v) is 8.06. The molecule has 2 aliphatic carbocycles. The molecule has 0 radical (unpaired) electrons. The van der Waals surface area contributed by atoms with Crippen molar-refractivity contribution in [2.45, 2.75) is 44.6 Å². The molecule has 1 aliphatic heterocycles. The van der Waals surface area contributed by atoms with Gasteiger partial charge in [-0.1, -0.05) is 36.4 Å². The Kier molecular flexibility index (Phi) is 8.05. The quantitative estimate of drug-likeness (QED) is 0.323. The number of benzene rings is 1. The Labute approximate surface area is 231 Å². The van der Waals surface area contributed by atoms with Crippen LogP contribution in [0.5, 0.6) is 0 Å². The van der Waals surface area contributed by atoms with E-state index >= 15 is 0 Å². The van der Waals surface area contributed by atoms with Gasteiger partial charge in [-0.3, -0.25) is 29.4 Å². The van der Waals surface area contributed by atoms with Gasteiger partial charge in [-0.05, 0) is 79.8 Å². The van der Waals surface area contributed by atoms with Crippen LogP contribution in [0.3, 0.4) is 0 Å². The first-order valence-corrected chi connectivity index (χ1v) is 13.4. The molecule has 2 amide bonds. The zero-order valence-corrected chi connectivity index (χ0v) is 22.6. The second-order valence-electron chi connectivity index (χ2n) is 10.4. The van der Waals surface area contributed by atoms with Crippen molar-refractivity contribution >= 4 is 25.3 Å². The molecule has 1 unspecified atom stereocenters. The highest BCUT2D eigenvalue weighted by atomic mass is 32.1. The molecule has 3 heterocycles. The summed E-state index contributed by atoms with van der Waals surface area (Å²) in [5.41, 5.74) is 6.18. The SMILES string of the molecule is O=C1c2ccccc2C(=O)N1C/C=C\CN(CC1CCc2cccnc2C1)[C@H]1CCCc2cccnc21.S. The number of rotatable bonds is 7. The molecule has 3 aromatic rings. The summed E-state index contributed by atoms with van der Waals surface area (Å²) in [6.45, 7) is 2.03. The van der Waals surface area contributed by atoms with E-state index in [2.05, 4.69) is 28.1 Å². The second kappa shape index (κ2) is 11.6. The molecule has 38 heavy (non-hydrogen) atoms. The van der Waals surface area contributed by atoms with Gasteiger partial charge in [0.05, 0.1) is 22.9 Å². The molecular formula is C31H34N4O2S. The number of hydrogen-bond donors (Lipinski definition) is 0. The Morgan fingerprint density at radius 3 is 2.39 bits per heavy atom. The third kappa shape index (κ3) is 5.18. The van der Waals surface area contributed by atoms with Crippen molar-refractivity contribution < 1.29 is 9.59 Å². The topological polar surface area (TPSA) is 66.4 Å². The van der Waals surface area contributed by atoms with E-state index in [0.29, 0.717) is 23.6 Å². The van der Waals surface area contributed by atoms with Gasteiger partial charge in [-0.25, -0.2) is 0 Å². The van der Waals surface area contributed by atoms with Gasteiger partial charge in [0, 0.05) is 37.7 Å². The maximum atomic E-state index is 12.7. The molecule has 6 nitrogen and oxygen atoms in total. The average Bonchev–Trinajstić information content (AvgIpc) is 3.19. The Hall–Kier alpha value is -3.29. The van der Waals surface area contributed by atoms with E-state index in [4.69, 9.17) is 4.98 Å². The first kappa shape index (κ1) is 26.3. The van der Waals surface area contributed by atoms with Gasteiger partial charge in [-0.2, -0.15) is 13.5 Å². The van der Waals surface area contributed by atoms with Crippen LogP contribution >= 0.6 is 13.5 Å². The van der Waals surface area contributed by atoms with Crippen LogP contribution < -0.4 is 0 Å². The fourth-order valence-electron chi connectivity index (χ4n) is 6.17. The van der Waals surface area contributed by atoms with Crippen molar-refractivity contribution in [1.29, 1.82) is 0 Å². The number of fused-ring (bicyclic) bond motifs is 3. The maximum absolute atomic E-state index is 12.7. The number of hydrogen-bond acceptors (Lipinski definition) is 5. The zero-order chi connectivity index (χ0) is 25.2. The summed E-state index contributed by atoms with van der Waals surface area (Å²) in [5, 5.41) is 0. The van der Waals surface area contributed by atoms with Crippen LogP contribution in [-0.4, -0.2) is 51.2 Å². The van der Waals surface area contributed by atoms with Gasteiger partial charge in [-0.15, -0.1) is 0 Å². The molecule has 2 aromatic heterocycles. The molecule has 1 aromatic carbocycles. The largest absolute Gasteiger partial charge is 0.291 e. The third-order valence-electron chi connectivity index (χ3n) is 8.06. The summed E-state index contributed by atoms with van der Waals surface area (Å²) in [6, 6.07) is 15.8. The number of aromatic nitrogens is 2. The van der Waals surface area contributed by atoms with Gasteiger partial charge >= 0.3 is 0 Å². The van der Waals surface area contributed by atoms with Gasteiger partial charge in [0.2, 0.25) is 0 Å². The Morgan fingerprint density at radius 2 is 1.61 bits per heavy atom. The van der Waals surface area contributed by atoms with Crippen molar-refractivity contribution in [1.82, 2.24) is 19.8 Å². The van der Waals surface area contributed by atoms with Gasteiger partial charge in [0.1, 0.15) is 0 Å². The van der Waals surface area contributed by atoms with E-state index in [-0.39, 0.29) is 31.4 Å². The standard InChI is InChI=1S/C31H32N4O2.H2S/c36-30-25-11-1-2-12-26(25)31(37)35(30)19-4-3-18-34(28-13-5-8-24-10-7-17-33-29(24)28)21-22-14-15-23-9-6-16-32-27(23)20-22;/h1-4,6-7,9-12,16-17,22,28H,5,8,13-15,18-21H2;1H2/b4-3-;/t22?,28-;/m0./s1. The van der Waals surface area contributed by atoms with E-state index < -0.39 is 0 Å². The highest BCUT2D eigenvalue weighted by Crippen LogP contribution is 2.35. The van der Waals surface area contributed by atoms with Crippen LogP contribution in [-0.2, 0) is 19.3 Å². The van der Waals surface area contributed by atoms with Crippen molar-refractivity contribution in [3.05, 3.63) is 107 Å². The minimum atomic E-state index is -0.208. The number of imide groups is 1. The maximum Gasteiger partial charge on any atom is 0.261 e. The molecule has 0 saturated carbocycles. The molecule has 7 heteroatoms. The Bertz CT molecular complexity index is 1320. The lowest BCUT2D eigenvalue weighted by Gasteiger charge is -2.37. The van der Waals surface area contributed by atoms with E-state index in [9.17, 15) is 9.59 Å². The molecule has 0 bridgehead atoms. The molecule has 0 saturated heterocycles. The highest BCUT2D eigenvalue weighted by Gasteiger charge is 2.34. The van der Waals surface area contributed by atoms with Gasteiger partial charge < -0.3 is 0 Å². The molecule has 0 N–H and O–H groups in total. The van der Waals surface area contributed by atoms with Gasteiger partial charge in [0.15, 0.2) is 0 Å². The fraction of sp³-hybridized carbons (Fsp3) is 0.355. The van der Waals surface area contributed by atoms with Crippen LogP contribution in [0, 0.1) is 5.92 Å². The van der Waals surface area contributed by atoms with Crippen molar-refractivity contribution in [2.75, 3.05) is 19.6 Å². The molecule has 0 spiro atoms. The molecule has 6 rings (SSSR count). The molecule has 3 aliphatic rings. The Balaban J connectivity index is 0.00000294. The molecule has 196 valence electrons.